The number of aromatic nitrogens is 1. The Bertz CT molecular complexity index is 1320. The van der Waals surface area contributed by atoms with E-state index in [1.165, 1.54) is 17.4 Å². The molecule has 4 rings (SSSR count). The summed E-state index contributed by atoms with van der Waals surface area (Å²) in [5.74, 6) is -0.383. The fourth-order valence-electron chi connectivity index (χ4n) is 3.15. The summed E-state index contributed by atoms with van der Waals surface area (Å²) in [7, 11) is -3.78. The first-order valence-electron chi connectivity index (χ1n) is 9.88. The lowest BCUT2D eigenvalue weighted by atomic mass is 10.1. The molecule has 8 heteroatoms. The van der Waals surface area contributed by atoms with Crippen LogP contribution >= 0.6 is 11.3 Å². The van der Waals surface area contributed by atoms with Crippen LogP contribution in [0.1, 0.15) is 21.5 Å². The Morgan fingerprint density at radius 3 is 2.44 bits per heavy atom. The lowest BCUT2D eigenvalue weighted by Gasteiger charge is -2.12. The van der Waals surface area contributed by atoms with Crippen molar-refractivity contribution < 1.29 is 13.2 Å². The SMILES string of the molecule is Cc1ccc(C(=O)Nc2ccc(-c3nccs3)cc2)cc1S(=O)(=O)NCc1ccccc1. The van der Waals surface area contributed by atoms with Gasteiger partial charge in [0.15, 0.2) is 0 Å². The van der Waals surface area contributed by atoms with E-state index in [0.717, 1.165) is 16.1 Å². The molecule has 1 amide bonds. The summed E-state index contributed by atoms with van der Waals surface area (Å²) in [6.07, 6.45) is 1.74. The van der Waals surface area contributed by atoms with Crippen LogP contribution in [0.3, 0.4) is 0 Å². The molecule has 0 aliphatic carbocycles. The average Bonchev–Trinajstić information content (AvgIpc) is 3.34. The number of nitrogens with zero attached hydrogens (tertiary/aromatic N) is 1. The minimum absolute atomic E-state index is 0.0835. The number of rotatable bonds is 7. The number of aryl methyl sites for hydroxylation is 1. The number of carbonyl (C=O) groups excluding carboxylic acids is 1. The maximum atomic E-state index is 12.9. The van der Waals surface area contributed by atoms with Crippen molar-refractivity contribution in [1.82, 2.24) is 9.71 Å². The molecule has 1 aromatic heterocycles. The van der Waals surface area contributed by atoms with Crippen LogP contribution in [0.4, 0.5) is 5.69 Å². The molecule has 0 bridgehead atoms. The molecule has 32 heavy (non-hydrogen) atoms. The highest BCUT2D eigenvalue weighted by molar-refractivity contribution is 7.89. The van der Waals surface area contributed by atoms with E-state index < -0.39 is 10.0 Å². The topological polar surface area (TPSA) is 88.2 Å². The second kappa shape index (κ2) is 9.44. The number of amides is 1. The Morgan fingerprint density at radius 2 is 1.75 bits per heavy atom. The first-order chi connectivity index (χ1) is 15.4. The van der Waals surface area contributed by atoms with Crippen LogP contribution in [-0.4, -0.2) is 19.3 Å². The lowest BCUT2D eigenvalue weighted by Crippen LogP contribution is -2.24. The standard InChI is InChI=1S/C24H21N3O3S2/c1-17-7-8-20(15-22(17)32(29,30)26-16-18-5-3-2-4-6-18)23(28)27-21-11-9-19(10-12-21)24-25-13-14-31-24/h2-15,26H,16H2,1H3,(H,27,28). The van der Waals surface area contributed by atoms with E-state index in [9.17, 15) is 13.2 Å². The van der Waals surface area contributed by atoms with E-state index in [1.807, 2.05) is 47.8 Å². The van der Waals surface area contributed by atoms with Crippen molar-refractivity contribution in [2.75, 3.05) is 5.32 Å². The van der Waals surface area contributed by atoms with Gasteiger partial charge in [-0.15, -0.1) is 11.3 Å². The molecular formula is C24H21N3O3S2. The van der Waals surface area contributed by atoms with Crippen LogP contribution in [0.25, 0.3) is 10.6 Å². The quantitative estimate of drug-likeness (QED) is 0.410. The number of anilines is 1. The van der Waals surface area contributed by atoms with Gasteiger partial charge in [-0.1, -0.05) is 36.4 Å². The summed E-state index contributed by atoms with van der Waals surface area (Å²) in [5, 5.41) is 5.62. The molecule has 0 spiro atoms. The van der Waals surface area contributed by atoms with Gasteiger partial charge in [-0.05, 0) is 54.4 Å². The fourth-order valence-corrected chi connectivity index (χ4v) is 5.08. The molecule has 2 N–H and O–H groups in total. The Morgan fingerprint density at radius 1 is 1.00 bits per heavy atom. The highest BCUT2D eigenvalue weighted by Crippen LogP contribution is 2.24. The van der Waals surface area contributed by atoms with Gasteiger partial charge in [0.2, 0.25) is 10.0 Å². The van der Waals surface area contributed by atoms with Crippen LogP contribution in [0.2, 0.25) is 0 Å². The van der Waals surface area contributed by atoms with Crippen LogP contribution in [-0.2, 0) is 16.6 Å². The van der Waals surface area contributed by atoms with E-state index >= 15 is 0 Å². The number of thiazole rings is 1. The maximum absolute atomic E-state index is 12.9. The minimum atomic E-state index is -3.78. The van der Waals surface area contributed by atoms with Crippen LogP contribution in [0.5, 0.6) is 0 Å². The normalized spacial score (nSPS) is 11.3. The van der Waals surface area contributed by atoms with Crippen molar-refractivity contribution in [3.05, 3.63) is 101 Å². The van der Waals surface area contributed by atoms with Gasteiger partial charge < -0.3 is 5.32 Å². The zero-order chi connectivity index (χ0) is 22.6. The average molecular weight is 464 g/mol. The van der Waals surface area contributed by atoms with E-state index in [2.05, 4.69) is 15.0 Å². The van der Waals surface area contributed by atoms with Crippen molar-refractivity contribution in [3.63, 3.8) is 0 Å². The summed E-state index contributed by atoms with van der Waals surface area (Å²) >= 11 is 1.54. The van der Waals surface area contributed by atoms with Crippen molar-refractivity contribution in [2.24, 2.45) is 0 Å². The number of hydrogen-bond donors (Lipinski definition) is 2. The molecular weight excluding hydrogens is 442 g/mol. The van der Waals surface area contributed by atoms with Gasteiger partial charge >= 0.3 is 0 Å². The number of hydrogen-bond acceptors (Lipinski definition) is 5. The zero-order valence-electron chi connectivity index (χ0n) is 17.3. The Balaban J connectivity index is 1.49. The fraction of sp³-hybridized carbons (Fsp3) is 0.0833. The molecule has 0 saturated carbocycles. The van der Waals surface area contributed by atoms with E-state index in [-0.39, 0.29) is 22.9 Å². The molecule has 1 heterocycles. The number of nitrogens with one attached hydrogen (secondary N) is 2. The van der Waals surface area contributed by atoms with Crippen LogP contribution < -0.4 is 10.0 Å². The molecule has 0 saturated heterocycles. The summed E-state index contributed by atoms with van der Waals surface area (Å²) in [6, 6.07) is 21.3. The van der Waals surface area contributed by atoms with Crippen molar-refractivity contribution >= 4 is 33.0 Å². The monoisotopic (exact) mass is 463 g/mol. The van der Waals surface area contributed by atoms with E-state index in [0.29, 0.717) is 11.3 Å². The Labute approximate surface area is 191 Å². The van der Waals surface area contributed by atoms with Crippen molar-refractivity contribution in [3.8, 4) is 10.6 Å². The van der Waals surface area contributed by atoms with Gasteiger partial charge in [0.25, 0.3) is 5.91 Å². The summed E-state index contributed by atoms with van der Waals surface area (Å²) in [5.41, 5.74) is 3.26. The molecule has 6 nitrogen and oxygen atoms in total. The lowest BCUT2D eigenvalue weighted by molar-refractivity contribution is 0.102. The van der Waals surface area contributed by atoms with Gasteiger partial charge in [-0.2, -0.15) is 0 Å². The van der Waals surface area contributed by atoms with Gasteiger partial charge in [0.1, 0.15) is 5.01 Å². The van der Waals surface area contributed by atoms with Gasteiger partial charge in [-0.25, -0.2) is 18.1 Å². The van der Waals surface area contributed by atoms with E-state index in [4.69, 9.17) is 0 Å². The third-order valence-electron chi connectivity index (χ3n) is 4.87. The molecule has 0 aliphatic heterocycles. The third-order valence-corrected chi connectivity index (χ3v) is 7.24. The third kappa shape index (κ3) is 5.11. The highest BCUT2D eigenvalue weighted by atomic mass is 32.2. The Hall–Kier alpha value is -3.33. The second-order valence-electron chi connectivity index (χ2n) is 7.16. The first-order valence-corrected chi connectivity index (χ1v) is 12.2. The summed E-state index contributed by atoms with van der Waals surface area (Å²) in [4.78, 5) is 17.1. The predicted molar refractivity (Wildman–Crippen MR) is 127 cm³/mol. The van der Waals surface area contributed by atoms with Crippen LogP contribution in [0, 0.1) is 6.92 Å². The number of benzene rings is 3. The maximum Gasteiger partial charge on any atom is 0.255 e. The van der Waals surface area contributed by atoms with E-state index in [1.54, 1.807) is 37.4 Å². The van der Waals surface area contributed by atoms with Crippen molar-refractivity contribution in [2.45, 2.75) is 18.4 Å². The molecule has 0 atom stereocenters. The molecule has 0 unspecified atom stereocenters. The smallest absolute Gasteiger partial charge is 0.255 e. The molecule has 0 aliphatic rings. The highest BCUT2D eigenvalue weighted by Gasteiger charge is 2.19. The van der Waals surface area contributed by atoms with Crippen molar-refractivity contribution in [1.29, 1.82) is 0 Å². The zero-order valence-corrected chi connectivity index (χ0v) is 18.9. The predicted octanol–water partition coefficient (Wildman–Crippen LogP) is 4.85. The molecule has 3 aromatic carbocycles. The minimum Gasteiger partial charge on any atom is -0.322 e. The molecule has 0 fully saturated rings. The molecule has 0 radical (unpaired) electrons. The first kappa shape index (κ1) is 21.9. The largest absolute Gasteiger partial charge is 0.322 e. The number of carbonyl (C=O) groups is 1. The number of sulfonamides is 1. The summed E-state index contributed by atoms with van der Waals surface area (Å²) < 4.78 is 28.3. The van der Waals surface area contributed by atoms with Gasteiger partial charge in [-0.3, -0.25) is 4.79 Å². The molecule has 162 valence electrons. The summed E-state index contributed by atoms with van der Waals surface area (Å²) in [6.45, 7) is 1.88. The van der Waals surface area contributed by atoms with Crippen LogP contribution in [0.15, 0.2) is 89.3 Å². The molecule has 4 aromatic rings. The van der Waals surface area contributed by atoms with Gasteiger partial charge in [0.05, 0.1) is 4.90 Å². The second-order valence-corrected chi connectivity index (χ2v) is 9.79. The Kier molecular flexibility index (Phi) is 6.45. The van der Waals surface area contributed by atoms with Gasteiger partial charge in [0, 0.05) is 34.9 Å².